The zero-order valence-electron chi connectivity index (χ0n) is 15.8. The number of nitrogens with zero attached hydrogens (tertiary/aromatic N) is 1. The van der Waals surface area contributed by atoms with Crippen molar-refractivity contribution < 1.29 is 23.1 Å². The van der Waals surface area contributed by atoms with Gasteiger partial charge in [-0.15, -0.1) is 0 Å². The van der Waals surface area contributed by atoms with Crippen LogP contribution in [0.2, 0.25) is 5.02 Å². The van der Waals surface area contributed by atoms with Crippen molar-refractivity contribution in [3.63, 3.8) is 0 Å². The van der Waals surface area contributed by atoms with Crippen LogP contribution in [0.5, 0.6) is 5.75 Å². The van der Waals surface area contributed by atoms with Gasteiger partial charge in [0, 0.05) is 60.4 Å². The first-order valence-corrected chi connectivity index (χ1v) is 9.26. The number of carbonyl (C=O) groups excluding carboxylic acids is 2. The number of ether oxygens (including phenoxy) is 1. The molecule has 154 valence electrons. The van der Waals surface area contributed by atoms with E-state index < -0.39 is 29.6 Å². The third-order valence-electron chi connectivity index (χ3n) is 4.85. The summed E-state index contributed by atoms with van der Waals surface area (Å²) < 4.78 is 34.2. The zero-order chi connectivity index (χ0) is 21.1. The molecular weight excluding hydrogens is 404 g/mol. The van der Waals surface area contributed by atoms with Gasteiger partial charge in [0.1, 0.15) is 17.4 Å². The molecule has 1 aliphatic rings. The molecule has 29 heavy (non-hydrogen) atoms. The molecule has 2 N–H and O–H groups in total. The highest BCUT2D eigenvalue weighted by Gasteiger charge is 2.37. The number of nitrogens with one attached hydrogen (secondary N) is 2. The average Bonchev–Trinajstić information content (AvgIpc) is 2.66. The second-order valence-corrected chi connectivity index (χ2v) is 7.24. The molecule has 0 aliphatic carbocycles. The average molecular weight is 424 g/mol. The monoisotopic (exact) mass is 423 g/mol. The molecule has 1 fully saturated rings. The number of hydrogen-bond acceptors (Lipinski definition) is 3. The van der Waals surface area contributed by atoms with E-state index in [4.69, 9.17) is 16.3 Å². The van der Waals surface area contributed by atoms with Gasteiger partial charge in [0.2, 0.25) is 5.91 Å². The fraction of sp³-hybridized carbons (Fsp3) is 0.300. The maximum atomic E-state index is 14.6. The Hall–Kier alpha value is -2.87. The quantitative estimate of drug-likeness (QED) is 0.786. The number of methoxy groups -OCH3 is 1. The molecule has 0 aromatic heterocycles. The lowest BCUT2D eigenvalue weighted by molar-refractivity contribution is -0.133. The van der Waals surface area contributed by atoms with Crippen LogP contribution in [0, 0.1) is 11.6 Å². The summed E-state index contributed by atoms with van der Waals surface area (Å²) in [6.45, 7) is 0.0604. The van der Waals surface area contributed by atoms with Crippen molar-refractivity contribution >= 4 is 29.2 Å². The van der Waals surface area contributed by atoms with E-state index in [9.17, 15) is 18.4 Å². The van der Waals surface area contributed by atoms with Crippen molar-refractivity contribution in [2.75, 3.05) is 26.0 Å². The van der Waals surface area contributed by atoms with Crippen LogP contribution in [-0.2, 0) is 4.79 Å². The van der Waals surface area contributed by atoms with Crippen molar-refractivity contribution in [1.29, 1.82) is 0 Å². The first kappa shape index (κ1) is 20.9. The lowest BCUT2D eigenvalue weighted by Crippen LogP contribution is -2.52. The minimum absolute atomic E-state index is 0.0500. The number of amides is 3. The summed E-state index contributed by atoms with van der Waals surface area (Å²) >= 11 is 5.82. The molecule has 2 unspecified atom stereocenters. The van der Waals surface area contributed by atoms with Crippen molar-refractivity contribution in [2.45, 2.75) is 18.4 Å². The summed E-state index contributed by atoms with van der Waals surface area (Å²) in [5.74, 6) is -2.53. The van der Waals surface area contributed by atoms with Crippen LogP contribution in [0.1, 0.15) is 17.9 Å². The van der Waals surface area contributed by atoms with Gasteiger partial charge >= 0.3 is 6.03 Å². The number of piperidine rings is 1. The number of rotatable bonds is 4. The first-order valence-electron chi connectivity index (χ1n) is 8.88. The molecule has 1 heterocycles. The number of likely N-dealkylation sites (tertiary alicyclic amines) is 1. The van der Waals surface area contributed by atoms with E-state index in [-0.39, 0.29) is 30.2 Å². The molecule has 3 amide bonds. The second-order valence-electron chi connectivity index (χ2n) is 6.80. The number of carbonyl (C=O) groups is 2. The zero-order valence-corrected chi connectivity index (χ0v) is 16.6. The lowest BCUT2D eigenvalue weighted by atomic mass is 9.85. The van der Waals surface area contributed by atoms with E-state index >= 15 is 0 Å². The van der Waals surface area contributed by atoms with E-state index in [0.29, 0.717) is 10.7 Å². The first-order chi connectivity index (χ1) is 13.8. The lowest BCUT2D eigenvalue weighted by Gasteiger charge is -2.37. The molecule has 9 heteroatoms. The summed E-state index contributed by atoms with van der Waals surface area (Å²) in [6.07, 6.45) is -0.0832. The topological polar surface area (TPSA) is 70.7 Å². The minimum Gasteiger partial charge on any atom is -0.497 e. The van der Waals surface area contributed by atoms with Crippen LogP contribution in [0.25, 0.3) is 0 Å². The highest BCUT2D eigenvalue weighted by atomic mass is 35.5. The Kier molecular flexibility index (Phi) is 6.22. The molecule has 2 aromatic carbocycles. The molecular formula is C20H20ClF2N3O3. The molecule has 1 saturated heterocycles. The van der Waals surface area contributed by atoms with Gasteiger partial charge < -0.3 is 20.3 Å². The third kappa shape index (κ3) is 4.76. The molecule has 1 aliphatic heterocycles. The highest BCUT2D eigenvalue weighted by molar-refractivity contribution is 6.30. The Morgan fingerprint density at radius 1 is 1.21 bits per heavy atom. The van der Waals surface area contributed by atoms with Gasteiger partial charge in [0.25, 0.3) is 0 Å². The normalized spacial score (nSPS) is 19.1. The number of hydrogen-bond donors (Lipinski definition) is 2. The van der Waals surface area contributed by atoms with Crippen LogP contribution < -0.4 is 15.4 Å². The highest BCUT2D eigenvalue weighted by Crippen LogP contribution is 2.33. The SMILES string of the molecule is COc1cc(F)c(C2CN(C)C(=O)CC2NC(=O)Nc2ccc(Cl)cc2)c(F)c1. The number of benzene rings is 2. The fourth-order valence-corrected chi connectivity index (χ4v) is 3.48. The van der Waals surface area contributed by atoms with E-state index in [1.54, 1.807) is 31.3 Å². The van der Waals surface area contributed by atoms with Gasteiger partial charge in [-0.25, -0.2) is 13.6 Å². The van der Waals surface area contributed by atoms with Gasteiger partial charge in [-0.1, -0.05) is 11.6 Å². The van der Waals surface area contributed by atoms with E-state index in [1.807, 2.05) is 0 Å². The molecule has 2 atom stereocenters. The van der Waals surface area contributed by atoms with Gasteiger partial charge in [0.15, 0.2) is 0 Å². The number of anilines is 1. The van der Waals surface area contributed by atoms with Crippen molar-refractivity contribution in [2.24, 2.45) is 0 Å². The predicted molar refractivity (Wildman–Crippen MR) is 105 cm³/mol. The fourth-order valence-electron chi connectivity index (χ4n) is 3.36. The minimum atomic E-state index is -0.792. The second kappa shape index (κ2) is 8.65. The van der Waals surface area contributed by atoms with Crippen LogP contribution in [0.3, 0.4) is 0 Å². The van der Waals surface area contributed by atoms with Gasteiger partial charge in [0.05, 0.1) is 7.11 Å². The Labute approximate surface area is 171 Å². The van der Waals surface area contributed by atoms with E-state index in [1.165, 1.54) is 12.0 Å². The number of likely N-dealkylation sites (N-methyl/N-ethyl adjacent to an activating group) is 1. The van der Waals surface area contributed by atoms with Crippen molar-refractivity contribution in [3.05, 3.63) is 58.6 Å². The summed E-state index contributed by atoms with van der Waals surface area (Å²) in [7, 11) is 2.87. The largest absolute Gasteiger partial charge is 0.497 e. The van der Waals surface area contributed by atoms with Crippen LogP contribution in [0.15, 0.2) is 36.4 Å². The molecule has 3 rings (SSSR count). The molecule has 0 radical (unpaired) electrons. The maximum Gasteiger partial charge on any atom is 0.319 e. The van der Waals surface area contributed by atoms with Crippen molar-refractivity contribution in [1.82, 2.24) is 10.2 Å². The van der Waals surface area contributed by atoms with Crippen molar-refractivity contribution in [3.8, 4) is 5.75 Å². The van der Waals surface area contributed by atoms with Crippen LogP contribution in [0.4, 0.5) is 19.3 Å². The van der Waals surface area contributed by atoms with Gasteiger partial charge in [-0.3, -0.25) is 4.79 Å². The predicted octanol–water partition coefficient (Wildman–Crippen LogP) is 3.76. The molecule has 0 saturated carbocycles. The van der Waals surface area contributed by atoms with E-state index in [2.05, 4.69) is 10.6 Å². The summed E-state index contributed by atoms with van der Waals surface area (Å²) in [5, 5.41) is 5.81. The van der Waals surface area contributed by atoms with Crippen LogP contribution >= 0.6 is 11.6 Å². The standard InChI is InChI=1S/C20H20ClF2N3O3/c1-26-10-14(19-15(22)7-13(29-2)8-16(19)23)17(9-18(26)27)25-20(28)24-12-5-3-11(21)4-6-12/h3-8,14,17H,9-10H2,1-2H3,(H2,24,25,28). The van der Waals surface area contributed by atoms with Gasteiger partial charge in [-0.2, -0.15) is 0 Å². The summed E-state index contributed by atoms with van der Waals surface area (Å²) in [4.78, 5) is 26.0. The molecule has 0 spiro atoms. The van der Waals surface area contributed by atoms with E-state index in [0.717, 1.165) is 12.1 Å². The summed E-state index contributed by atoms with van der Waals surface area (Å²) in [6, 6.07) is 7.24. The smallest absolute Gasteiger partial charge is 0.319 e. The van der Waals surface area contributed by atoms with Gasteiger partial charge in [-0.05, 0) is 24.3 Å². The maximum absolute atomic E-state index is 14.6. The summed E-state index contributed by atoms with van der Waals surface area (Å²) in [5.41, 5.74) is 0.298. The third-order valence-corrected chi connectivity index (χ3v) is 5.11. The molecule has 2 aromatic rings. The molecule has 0 bridgehead atoms. The Balaban J connectivity index is 1.84. The number of urea groups is 1. The Morgan fingerprint density at radius 3 is 2.41 bits per heavy atom. The molecule has 6 nitrogen and oxygen atoms in total. The Morgan fingerprint density at radius 2 is 1.83 bits per heavy atom. The number of halogens is 3. The van der Waals surface area contributed by atoms with Crippen LogP contribution in [-0.4, -0.2) is 43.6 Å². The Bertz CT molecular complexity index is 901.